The molecule has 79 heavy (non-hydrogen) atoms. The van der Waals surface area contributed by atoms with Gasteiger partial charge >= 0.3 is 0 Å². The van der Waals surface area contributed by atoms with Crippen molar-refractivity contribution in [1.82, 2.24) is 5.32 Å². The molecule has 0 spiro atoms. The average Bonchev–Trinajstić information content (AvgIpc) is 3.42. The van der Waals surface area contributed by atoms with Crippen molar-refractivity contribution in [2.75, 3.05) is 40.9 Å². The lowest BCUT2D eigenvalue weighted by atomic mass is 10.1. The predicted octanol–water partition coefficient (Wildman–Crippen LogP) is 19.0. The molecule has 0 rings (SSSR count). The zero-order valence-electron chi connectivity index (χ0n) is 50.7. The Balaban J connectivity index is 4.24. The minimum Gasteiger partial charge on any atom is -0.756 e. The van der Waals surface area contributed by atoms with Crippen LogP contribution >= 0.6 is 7.82 Å². The average molecular weight is 1110 g/mol. The topological polar surface area (TPSA) is 108 Å². The maximum atomic E-state index is 13.0. The second kappa shape index (κ2) is 58.5. The molecule has 1 amide bonds. The van der Waals surface area contributed by atoms with E-state index in [1.165, 1.54) is 64.2 Å². The summed E-state index contributed by atoms with van der Waals surface area (Å²) in [6.07, 6.45) is 93.0. The van der Waals surface area contributed by atoms with E-state index in [0.29, 0.717) is 23.9 Å². The third-order valence-corrected chi connectivity index (χ3v) is 13.6. The molecule has 0 aliphatic carbocycles. The number of carbonyl (C=O) groups excluding carboxylic acids is 1. The van der Waals surface area contributed by atoms with Gasteiger partial charge in [0, 0.05) is 6.42 Å². The lowest BCUT2D eigenvalue weighted by molar-refractivity contribution is -0.870. The molecule has 0 aromatic heterocycles. The third kappa shape index (κ3) is 61.3. The number of carbonyl (C=O) groups is 1. The Morgan fingerprint density at radius 2 is 0.785 bits per heavy atom. The Morgan fingerprint density at radius 1 is 0.456 bits per heavy atom. The molecule has 9 heteroatoms. The number of aliphatic hydroxyl groups is 1. The summed E-state index contributed by atoms with van der Waals surface area (Å²) < 4.78 is 23.3. The molecule has 0 saturated heterocycles. The van der Waals surface area contributed by atoms with Crippen molar-refractivity contribution in [3.8, 4) is 0 Å². The molecular formula is C70H115N2O6P. The number of phosphoric ester groups is 1. The van der Waals surface area contributed by atoms with E-state index < -0.39 is 26.6 Å². The van der Waals surface area contributed by atoms with E-state index in [-0.39, 0.29) is 12.5 Å². The molecule has 0 fully saturated rings. The molecule has 446 valence electrons. The van der Waals surface area contributed by atoms with Crippen LogP contribution in [-0.2, 0) is 18.4 Å². The van der Waals surface area contributed by atoms with Crippen molar-refractivity contribution in [2.24, 2.45) is 0 Å². The molecule has 2 N–H and O–H groups in total. The number of unbranched alkanes of at least 4 members (excludes halogenated alkanes) is 15. The van der Waals surface area contributed by atoms with Crippen molar-refractivity contribution in [3.05, 3.63) is 170 Å². The zero-order chi connectivity index (χ0) is 57.7. The lowest BCUT2D eigenvalue weighted by Gasteiger charge is -2.29. The van der Waals surface area contributed by atoms with Gasteiger partial charge in [0.25, 0.3) is 7.82 Å². The van der Waals surface area contributed by atoms with Crippen molar-refractivity contribution in [2.45, 2.75) is 225 Å². The number of amides is 1. The van der Waals surface area contributed by atoms with E-state index >= 15 is 0 Å². The molecule has 0 aromatic rings. The second-order valence-electron chi connectivity index (χ2n) is 21.3. The highest BCUT2D eigenvalue weighted by atomic mass is 31.2. The molecule has 0 heterocycles. The van der Waals surface area contributed by atoms with E-state index in [0.717, 1.165) is 122 Å². The highest BCUT2D eigenvalue weighted by Gasteiger charge is 2.23. The molecule has 0 radical (unpaired) electrons. The number of nitrogens with zero attached hydrogens (tertiary/aromatic N) is 1. The number of allylic oxidation sites excluding steroid dienone is 27. The number of likely N-dealkylation sites (N-methyl/N-ethyl adjacent to an activating group) is 1. The van der Waals surface area contributed by atoms with Crippen molar-refractivity contribution in [1.29, 1.82) is 0 Å². The van der Waals surface area contributed by atoms with Gasteiger partial charge < -0.3 is 28.8 Å². The van der Waals surface area contributed by atoms with E-state index in [1.54, 1.807) is 6.08 Å². The van der Waals surface area contributed by atoms with E-state index in [2.05, 4.69) is 177 Å². The van der Waals surface area contributed by atoms with Gasteiger partial charge in [-0.25, -0.2) is 0 Å². The summed E-state index contributed by atoms with van der Waals surface area (Å²) in [4.78, 5) is 25.5. The Morgan fingerprint density at radius 3 is 1.18 bits per heavy atom. The number of phosphoric acid groups is 1. The minimum atomic E-state index is -4.62. The molecule has 0 aliphatic rings. The largest absolute Gasteiger partial charge is 0.756 e. The van der Waals surface area contributed by atoms with Crippen molar-refractivity contribution < 1.29 is 32.9 Å². The van der Waals surface area contributed by atoms with Gasteiger partial charge in [-0.1, -0.05) is 255 Å². The fourth-order valence-electron chi connectivity index (χ4n) is 7.85. The van der Waals surface area contributed by atoms with E-state index in [4.69, 9.17) is 9.05 Å². The first-order chi connectivity index (χ1) is 38.5. The van der Waals surface area contributed by atoms with Gasteiger partial charge in [0.2, 0.25) is 5.91 Å². The van der Waals surface area contributed by atoms with Crippen LogP contribution in [0.3, 0.4) is 0 Å². The molecule has 0 aliphatic heterocycles. The first kappa shape index (κ1) is 74.9. The maximum absolute atomic E-state index is 13.0. The quantitative estimate of drug-likeness (QED) is 0.0272. The van der Waals surface area contributed by atoms with Crippen LogP contribution in [0.2, 0.25) is 0 Å². The minimum absolute atomic E-state index is 0.0208. The maximum Gasteiger partial charge on any atom is 0.268 e. The summed E-state index contributed by atoms with van der Waals surface area (Å²) in [5.41, 5.74) is 0. The van der Waals surface area contributed by atoms with Gasteiger partial charge in [-0.15, -0.1) is 0 Å². The normalized spacial score (nSPS) is 15.0. The van der Waals surface area contributed by atoms with Crippen molar-refractivity contribution >= 4 is 13.7 Å². The number of hydrogen-bond acceptors (Lipinski definition) is 6. The van der Waals surface area contributed by atoms with Gasteiger partial charge in [0.05, 0.1) is 39.9 Å². The standard InChI is InChI=1S/C70H115N2O6P/c1-6-8-10-12-14-16-18-20-22-24-25-26-27-28-29-30-31-32-33-34-35-36-37-38-39-40-41-42-43-44-45-46-47-48-50-52-54-56-58-60-62-64-70(74)71-68(67-78-79(75,76)77-66-65-72(3,4)5)69(73)63-61-59-57-55-53-51-49-23-21-19-17-15-13-11-9-7-2/h8,10,14,16,20,22,25-26,28-29,31-32,34-35,37-38,40-41,43-44,46-47,50,52-53,55,61,63,68-69,73H,6-7,9,11-13,15,17-19,21,23-24,27,30,33,36,39,42,45,48-49,51,54,56-60,62,64-67H2,1-5H3,(H-,71,74,75,76)/b10-8-,16-14-,22-20-,26-25-,29-28-,32-31-,35-34-,38-37-,41-40-,44-43-,47-46-,52-50-,55-53+,63-61+. The molecule has 0 aromatic carbocycles. The highest BCUT2D eigenvalue weighted by molar-refractivity contribution is 7.45. The third-order valence-electron chi connectivity index (χ3n) is 12.7. The summed E-state index contributed by atoms with van der Waals surface area (Å²) >= 11 is 0. The van der Waals surface area contributed by atoms with E-state index in [9.17, 15) is 19.4 Å². The number of rotatable bonds is 54. The van der Waals surface area contributed by atoms with Crippen LogP contribution in [0.4, 0.5) is 0 Å². The fraction of sp³-hybridized carbons (Fsp3) is 0.586. The van der Waals surface area contributed by atoms with Crippen LogP contribution in [0.25, 0.3) is 0 Å². The number of aliphatic hydroxyl groups excluding tert-OH is 1. The van der Waals surface area contributed by atoms with Crippen LogP contribution in [0, 0.1) is 0 Å². The monoisotopic (exact) mass is 1110 g/mol. The molecular weight excluding hydrogens is 996 g/mol. The summed E-state index contributed by atoms with van der Waals surface area (Å²) in [6.45, 7) is 4.47. The van der Waals surface area contributed by atoms with Gasteiger partial charge in [-0.05, 0) is 122 Å². The number of nitrogens with one attached hydrogen (secondary N) is 1. The Kier molecular flexibility index (Phi) is 55.4. The molecule has 8 nitrogen and oxygen atoms in total. The van der Waals surface area contributed by atoms with Crippen LogP contribution < -0.4 is 10.2 Å². The molecule has 0 bridgehead atoms. The fourth-order valence-corrected chi connectivity index (χ4v) is 8.58. The van der Waals surface area contributed by atoms with E-state index in [1.807, 2.05) is 27.2 Å². The van der Waals surface area contributed by atoms with Gasteiger partial charge in [0.15, 0.2) is 0 Å². The van der Waals surface area contributed by atoms with Crippen LogP contribution in [0.15, 0.2) is 170 Å². The molecule has 3 atom stereocenters. The van der Waals surface area contributed by atoms with Crippen LogP contribution in [-0.4, -0.2) is 68.5 Å². The van der Waals surface area contributed by atoms with Crippen LogP contribution in [0.5, 0.6) is 0 Å². The second-order valence-corrected chi connectivity index (χ2v) is 22.7. The number of hydrogen-bond donors (Lipinski definition) is 2. The Bertz CT molecular complexity index is 1890. The predicted molar refractivity (Wildman–Crippen MR) is 343 cm³/mol. The first-order valence-corrected chi connectivity index (χ1v) is 32.5. The van der Waals surface area contributed by atoms with Crippen molar-refractivity contribution in [3.63, 3.8) is 0 Å². The summed E-state index contributed by atoms with van der Waals surface area (Å²) in [6, 6.07) is -0.930. The highest BCUT2D eigenvalue weighted by Crippen LogP contribution is 2.38. The SMILES string of the molecule is CC/C=C\C/C=C\C/C=C\C/C=C\C/C=C\C/C=C\C/C=C\C/C=C\C/C=C\C/C=C\C/C=C\C/C=C\CCCCCCC(=O)NC(COP(=O)([O-])OCC[N+](C)(C)C)C(O)/C=C/CC/C=C/CCCCCCCCCCCC. The summed E-state index contributed by atoms with van der Waals surface area (Å²) in [7, 11) is 1.20. The first-order valence-electron chi connectivity index (χ1n) is 31.0. The smallest absolute Gasteiger partial charge is 0.268 e. The molecule has 0 saturated carbocycles. The summed E-state index contributed by atoms with van der Waals surface area (Å²) in [5, 5.41) is 13.8. The Hall–Kier alpha value is -4.14. The lowest BCUT2D eigenvalue weighted by Crippen LogP contribution is -2.45. The molecule has 3 unspecified atom stereocenters. The Labute approximate surface area is 485 Å². The zero-order valence-corrected chi connectivity index (χ0v) is 51.6. The van der Waals surface area contributed by atoms with Gasteiger partial charge in [-0.3, -0.25) is 9.36 Å². The number of quaternary nitrogens is 1. The van der Waals surface area contributed by atoms with Crippen LogP contribution in [0.1, 0.15) is 213 Å². The summed E-state index contributed by atoms with van der Waals surface area (Å²) in [5.74, 6) is -0.239. The van der Waals surface area contributed by atoms with Gasteiger partial charge in [0.1, 0.15) is 13.2 Å². The van der Waals surface area contributed by atoms with Gasteiger partial charge in [-0.2, -0.15) is 0 Å².